The summed E-state index contributed by atoms with van der Waals surface area (Å²) in [6.07, 6.45) is 3.97. The van der Waals surface area contributed by atoms with Crippen LogP contribution in [0.15, 0.2) is 85.2 Å². The third-order valence-corrected chi connectivity index (χ3v) is 7.18. The lowest BCUT2D eigenvalue weighted by Crippen LogP contribution is -2.33. The molecule has 0 aliphatic carbocycles. The Morgan fingerprint density at radius 2 is 1.95 bits per heavy atom. The summed E-state index contributed by atoms with van der Waals surface area (Å²) in [6, 6.07) is 21.0. The van der Waals surface area contributed by atoms with Crippen LogP contribution >= 0.6 is 23.8 Å². The van der Waals surface area contributed by atoms with Crippen molar-refractivity contribution < 1.29 is 9.18 Å². The van der Waals surface area contributed by atoms with Gasteiger partial charge in [0.15, 0.2) is 5.11 Å². The third-order valence-electron chi connectivity index (χ3n) is 6.41. The molecule has 188 valence electrons. The van der Waals surface area contributed by atoms with Crippen LogP contribution in [0, 0.1) is 12.7 Å². The maximum atomic E-state index is 13.2. The van der Waals surface area contributed by atoms with Crippen LogP contribution in [0.3, 0.4) is 0 Å². The molecule has 37 heavy (non-hydrogen) atoms. The minimum atomic E-state index is -0.353. The van der Waals surface area contributed by atoms with E-state index in [4.69, 9.17) is 23.8 Å². The van der Waals surface area contributed by atoms with Gasteiger partial charge in [0.25, 0.3) is 0 Å². The summed E-state index contributed by atoms with van der Waals surface area (Å²) in [4.78, 5) is 19.4. The van der Waals surface area contributed by atoms with Crippen molar-refractivity contribution in [3.8, 4) is 5.69 Å². The van der Waals surface area contributed by atoms with Gasteiger partial charge >= 0.3 is 0 Å². The van der Waals surface area contributed by atoms with Gasteiger partial charge in [-0.05, 0) is 91.4 Å². The Bertz CT molecular complexity index is 1430. The molecular weight excluding hydrogens is 509 g/mol. The Morgan fingerprint density at radius 3 is 2.68 bits per heavy atom. The maximum absolute atomic E-state index is 13.2. The maximum Gasteiger partial charge on any atom is 0.226 e. The van der Waals surface area contributed by atoms with Gasteiger partial charge in [0.2, 0.25) is 5.91 Å². The van der Waals surface area contributed by atoms with Crippen molar-refractivity contribution in [1.82, 2.24) is 19.8 Å². The number of carbonyl (C=O) groups is 1. The molecule has 1 saturated heterocycles. The average Bonchev–Trinajstić information content (AvgIpc) is 3.50. The molecule has 1 aliphatic rings. The summed E-state index contributed by atoms with van der Waals surface area (Å²) < 4.78 is 15.3. The van der Waals surface area contributed by atoms with Crippen molar-refractivity contribution >= 4 is 40.5 Å². The minimum Gasteiger partial charge on any atom is -0.352 e. The van der Waals surface area contributed by atoms with Crippen LogP contribution in [-0.4, -0.2) is 32.0 Å². The minimum absolute atomic E-state index is 0.182. The molecule has 1 aliphatic heterocycles. The van der Waals surface area contributed by atoms with Gasteiger partial charge < -0.3 is 20.1 Å². The molecule has 9 heteroatoms. The van der Waals surface area contributed by atoms with E-state index in [1.807, 2.05) is 60.5 Å². The number of nitrogens with one attached hydrogen (secondary N) is 2. The summed E-state index contributed by atoms with van der Waals surface area (Å²) in [6.45, 7) is 2.36. The Morgan fingerprint density at radius 1 is 1.14 bits per heavy atom. The van der Waals surface area contributed by atoms with E-state index in [-0.39, 0.29) is 30.2 Å². The first-order chi connectivity index (χ1) is 17.9. The second-order valence-corrected chi connectivity index (χ2v) is 9.66. The van der Waals surface area contributed by atoms with E-state index in [9.17, 15) is 9.18 Å². The number of aromatic nitrogens is 2. The zero-order valence-electron chi connectivity index (χ0n) is 20.1. The van der Waals surface area contributed by atoms with Crippen LogP contribution in [0.4, 0.5) is 10.1 Å². The van der Waals surface area contributed by atoms with Gasteiger partial charge in [0.05, 0.1) is 17.8 Å². The highest BCUT2D eigenvalue weighted by Gasteiger charge is 2.41. The Kier molecular flexibility index (Phi) is 7.21. The monoisotopic (exact) mass is 533 g/mol. The van der Waals surface area contributed by atoms with Gasteiger partial charge in [0, 0.05) is 47.5 Å². The molecule has 3 heterocycles. The van der Waals surface area contributed by atoms with Crippen LogP contribution < -0.4 is 10.6 Å². The number of carbonyl (C=O) groups excluding carboxylic acids is 1. The highest BCUT2D eigenvalue weighted by molar-refractivity contribution is 7.80. The molecule has 5 rings (SSSR count). The number of aryl methyl sites for hydroxylation is 1. The zero-order valence-corrected chi connectivity index (χ0v) is 21.6. The molecule has 2 N–H and O–H groups in total. The topological polar surface area (TPSA) is 62.2 Å². The van der Waals surface area contributed by atoms with Crippen LogP contribution in [0.5, 0.6) is 0 Å². The molecule has 1 amide bonds. The van der Waals surface area contributed by atoms with Crippen molar-refractivity contribution in [2.75, 3.05) is 11.9 Å². The van der Waals surface area contributed by atoms with E-state index in [2.05, 4.69) is 26.3 Å². The smallest absolute Gasteiger partial charge is 0.226 e. The largest absolute Gasteiger partial charge is 0.352 e. The number of hydrogen-bond acceptors (Lipinski definition) is 3. The quantitative estimate of drug-likeness (QED) is 0.286. The van der Waals surface area contributed by atoms with Crippen LogP contribution in [0.2, 0.25) is 5.02 Å². The molecule has 2 aromatic carbocycles. The number of halogens is 2. The fourth-order valence-electron chi connectivity index (χ4n) is 4.60. The van der Waals surface area contributed by atoms with Crippen LogP contribution in [-0.2, 0) is 4.79 Å². The Balaban J connectivity index is 1.44. The van der Waals surface area contributed by atoms with E-state index in [1.165, 1.54) is 24.3 Å². The molecule has 0 radical (unpaired) electrons. The van der Waals surface area contributed by atoms with Crippen molar-refractivity contribution in [2.24, 2.45) is 0 Å². The summed E-state index contributed by atoms with van der Waals surface area (Å²) in [7, 11) is 0. The van der Waals surface area contributed by atoms with Crippen molar-refractivity contribution in [3.63, 3.8) is 0 Å². The van der Waals surface area contributed by atoms with Crippen LogP contribution in [0.25, 0.3) is 5.69 Å². The molecule has 2 atom stereocenters. The molecule has 0 saturated carbocycles. The molecule has 0 spiro atoms. The molecule has 2 aromatic heterocycles. The molecule has 4 aromatic rings. The van der Waals surface area contributed by atoms with Crippen molar-refractivity contribution in [2.45, 2.75) is 25.4 Å². The summed E-state index contributed by atoms with van der Waals surface area (Å²) >= 11 is 12.0. The number of thiocarbonyl (C=S) groups is 1. The van der Waals surface area contributed by atoms with Gasteiger partial charge in [-0.1, -0.05) is 17.7 Å². The standard InChI is InChI=1S/C28H25ClFN5OS/c1-18-17-21(11-12-22(18)29)34-15-4-6-24(34)27-26(23-5-2-3-14-31-23)33-28(37)35(27)16-13-25(36)32-20-9-7-19(30)8-10-20/h2-12,14-15,17,26-27H,13,16H2,1H3,(H,32,36)(H,33,37)/t26-,27+/m0/s1. The SMILES string of the molecule is Cc1cc(-n2cccc2[C@@H]2[C@H](c3ccccn3)NC(=S)N2CCC(=O)Nc2ccc(F)cc2)ccc1Cl. The zero-order chi connectivity index (χ0) is 25.9. The Hall–Kier alpha value is -3.75. The number of anilines is 1. The van der Waals surface area contributed by atoms with Gasteiger partial charge in [-0.2, -0.15) is 0 Å². The van der Waals surface area contributed by atoms with Gasteiger partial charge in [-0.3, -0.25) is 9.78 Å². The highest BCUT2D eigenvalue weighted by atomic mass is 35.5. The Labute approximate surface area is 225 Å². The predicted octanol–water partition coefficient (Wildman–Crippen LogP) is 5.97. The lowest BCUT2D eigenvalue weighted by atomic mass is 10.0. The summed E-state index contributed by atoms with van der Waals surface area (Å²) in [5.41, 5.74) is 4.36. The number of benzene rings is 2. The fraction of sp³-hybridized carbons (Fsp3) is 0.179. The predicted molar refractivity (Wildman–Crippen MR) is 147 cm³/mol. The number of nitrogens with zero attached hydrogens (tertiary/aromatic N) is 3. The molecule has 1 fully saturated rings. The highest BCUT2D eigenvalue weighted by Crippen LogP contribution is 2.39. The number of hydrogen-bond donors (Lipinski definition) is 2. The van der Waals surface area contributed by atoms with E-state index >= 15 is 0 Å². The lowest BCUT2D eigenvalue weighted by molar-refractivity contribution is -0.116. The molecular formula is C28H25ClFN5OS. The van der Waals surface area contributed by atoms with Crippen LogP contribution in [0.1, 0.15) is 35.5 Å². The fourth-order valence-corrected chi connectivity index (χ4v) is 5.04. The first-order valence-electron chi connectivity index (χ1n) is 11.9. The summed E-state index contributed by atoms with van der Waals surface area (Å²) in [5.74, 6) is -0.535. The first kappa shape index (κ1) is 24.9. The second-order valence-electron chi connectivity index (χ2n) is 8.86. The van der Waals surface area contributed by atoms with E-state index in [1.54, 1.807) is 6.20 Å². The third kappa shape index (κ3) is 5.35. The van der Waals surface area contributed by atoms with Crippen molar-refractivity contribution in [3.05, 3.63) is 113 Å². The van der Waals surface area contributed by atoms with Gasteiger partial charge in [0.1, 0.15) is 5.82 Å². The van der Waals surface area contributed by atoms with Gasteiger partial charge in [-0.15, -0.1) is 0 Å². The van der Waals surface area contributed by atoms with E-state index in [0.717, 1.165) is 22.6 Å². The second kappa shape index (κ2) is 10.7. The van der Waals surface area contributed by atoms with E-state index < -0.39 is 0 Å². The average molecular weight is 534 g/mol. The first-order valence-corrected chi connectivity index (χ1v) is 12.7. The van der Waals surface area contributed by atoms with E-state index in [0.29, 0.717) is 22.4 Å². The van der Waals surface area contributed by atoms with Crippen molar-refractivity contribution in [1.29, 1.82) is 0 Å². The number of pyridine rings is 1. The molecule has 0 bridgehead atoms. The molecule has 6 nitrogen and oxygen atoms in total. The normalized spacial score (nSPS) is 17.1. The summed E-state index contributed by atoms with van der Waals surface area (Å²) in [5, 5.41) is 7.51. The lowest BCUT2D eigenvalue weighted by Gasteiger charge is -2.29. The number of rotatable bonds is 7. The molecule has 0 unspecified atom stereocenters. The van der Waals surface area contributed by atoms with Gasteiger partial charge in [-0.25, -0.2) is 4.39 Å². The number of amides is 1.